The molecular formula is C25H40O6. The van der Waals surface area contributed by atoms with Crippen LogP contribution in [0, 0.1) is 29.6 Å². The Morgan fingerprint density at radius 3 is 2.58 bits per heavy atom. The number of methoxy groups -OCH3 is 1. The lowest BCUT2D eigenvalue weighted by Gasteiger charge is -2.43. The lowest BCUT2D eigenvalue weighted by molar-refractivity contribution is -0.158. The zero-order chi connectivity index (χ0) is 23.1. The Bertz CT molecular complexity index is 669. The first-order valence-electron chi connectivity index (χ1n) is 11.7. The minimum atomic E-state index is -0.915. The van der Waals surface area contributed by atoms with Crippen molar-refractivity contribution in [2.24, 2.45) is 29.6 Å². The molecule has 176 valence electrons. The molecule has 0 bridgehead atoms. The maximum atomic E-state index is 12.5. The lowest BCUT2D eigenvalue weighted by atomic mass is 9.65. The summed E-state index contributed by atoms with van der Waals surface area (Å²) in [6.07, 6.45) is 7.76. The van der Waals surface area contributed by atoms with Crippen LogP contribution in [-0.4, -0.2) is 47.6 Å². The fourth-order valence-electron chi connectivity index (χ4n) is 4.83. The van der Waals surface area contributed by atoms with Gasteiger partial charge in [-0.2, -0.15) is 0 Å². The van der Waals surface area contributed by atoms with Crippen LogP contribution in [0.1, 0.15) is 66.2 Å². The topological polar surface area (TPSA) is 93.1 Å². The molecule has 31 heavy (non-hydrogen) atoms. The quantitative estimate of drug-likeness (QED) is 0.506. The van der Waals surface area contributed by atoms with Crippen LogP contribution in [0.3, 0.4) is 0 Å². The molecule has 2 rings (SSSR count). The first-order chi connectivity index (χ1) is 14.7. The molecule has 8 atom stereocenters. The van der Waals surface area contributed by atoms with Crippen molar-refractivity contribution in [3.63, 3.8) is 0 Å². The molecule has 6 nitrogen and oxygen atoms in total. The van der Waals surface area contributed by atoms with E-state index in [4.69, 9.17) is 4.74 Å². The normalized spacial score (nSPS) is 30.5. The van der Waals surface area contributed by atoms with Crippen LogP contribution < -0.4 is 0 Å². The Hall–Kier alpha value is -1.66. The molecule has 0 amide bonds. The average Bonchev–Trinajstić information content (AvgIpc) is 2.72. The van der Waals surface area contributed by atoms with Crippen LogP contribution in [0.2, 0.25) is 0 Å². The summed E-state index contributed by atoms with van der Waals surface area (Å²) in [5, 5.41) is 20.5. The van der Waals surface area contributed by atoms with Gasteiger partial charge in [0.2, 0.25) is 0 Å². The van der Waals surface area contributed by atoms with Gasteiger partial charge in [-0.3, -0.25) is 9.59 Å². The van der Waals surface area contributed by atoms with Crippen LogP contribution in [-0.2, 0) is 19.1 Å². The molecule has 0 unspecified atom stereocenters. The highest BCUT2D eigenvalue weighted by Gasteiger charge is 2.41. The van der Waals surface area contributed by atoms with E-state index in [1.54, 1.807) is 0 Å². The second kappa shape index (κ2) is 11.8. The number of esters is 2. The molecule has 0 radical (unpaired) electrons. The molecule has 0 fully saturated rings. The number of ether oxygens (including phenoxy) is 2. The molecule has 0 aliphatic heterocycles. The highest BCUT2D eigenvalue weighted by molar-refractivity contribution is 5.72. The summed E-state index contributed by atoms with van der Waals surface area (Å²) in [5.74, 6) is 0.280. The summed E-state index contributed by atoms with van der Waals surface area (Å²) in [4.78, 5) is 23.9. The Labute approximate surface area is 186 Å². The summed E-state index contributed by atoms with van der Waals surface area (Å²) >= 11 is 0. The molecular weight excluding hydrogens is 396 g/mol. The zero-order valence-corrected chi connectivity index (χ0v) is 19.6. The van der Waals surface area contributed by atoms with Gasteiger partial charge in [0.15, 0.2) is 0 Å². The minimum absolute atomic E-state index is 0.113. The van der Waals surface area contributed by atoms with E-state index in [2.05, 4.69) is 36.8 Å². The van der Waals surface area contributed by atoms with Gasteiger partial charge in [0.05, 0.1) is 31.7 Å². The van der Waals surface area contributed by atoms with Gasteiger partial charge in [-0.25, -0.2) is 0 Å². The van der Waals surface area contributed by atoms with Crippen molar-refractivity contribution in [1.29, 1.82) is 0 Å². The molecule has 0 aromatic rings. The number of hydrogen-bond acceptors (Lipinski definition) is 6. The van der Waals surface area contributed by atoms with Gasteiger partial charge in [-0.05, 0) is 55.4 Å². The monoisotopic (exact) mass is 436 g/mol. The molecule has 6 heteroatoms. The number of hydrogen-bond donors (Lipinski definition) is 2. The molecule has 0 spiro atoms. The summed E-state index contributed by atoms with van der Waals surface area (Å²) in [5.41, 5.74) is 1.23. The largest absolute Gasteiger partial charge is 0.469 e. The second-order valence-corrected chi connectivity index (χ2v) is 9.47. The van der Waals surface area contributed by atoms with E-state index in [1.165, 1.54) is 12.7 Å². The van der Waals surface area contributed by atoms with Gasteiger partial charge in [0.25, 0.3) is 0 Å². The number of fused-ring (bicyclic) bond motifs is 1. The van der Waals surface area contributed by atoms with Gasteiger partial charge in [0.1, 0.15) is 6.10 Å². The third-order valence-electron chi connectivity index (χ3n) is 6.88. The number of rotatable bonds is 10. The fraction of sp³-hybridized carbons (Fsp3) is 0.760. The van der Waals surface area contributed by atoms with E-state index in [1.807, 2.05) is 13.8 Å². The van der Waals surface area contributed by atoms with E-state index in [0.717, 1.165) is 19.3 Å². The molecule has 2 N–H and O–H groups in total. The zero-order valence-electron chi connectivity index (χ0n) is 19.6. The molecule has 0 saturated carbocycles. The van der Waals surface area contributed by atoms with Crippen LogP contribution in [0.4, 0.5) is 0 Å². The first kappa shape index (κ1) is 25.6. The smallest absolute Gasteiger partial charge is 0.308 e. The predicted octanol–water partition coefficient (Wildman–Crippen LogP) is 3.80. The van der Waals surface area contributed by atoms with E-state index >= 15 is 0 Å². The molecule has 2 aliphatic rings. The number of allylic oxidation sites excluding steroid dienone is 3. The predicted molar refractivity (Wildman–Crippen MR) is 119 cm³/mol. The van der Waals surface area contributed by atoms with E-state index < -0.39 is 18.2 Å². The second-order valence-electron chi connectivity index (χ2n) is 9.47. The van der Waals surface area contributed by atoms with Crippen LogP contribution in [0.25, 0.3) is 0 Å². The molecule has 0 aromatic carbocycles. The van der Waals surface area contributed by atoms with Gasteiger partial charge in [-0.1, -0.05) is 45.9 Å². The summed E-state index contributed by atoms with van der Waals surface area (Å²) in [6, 6.07) is 0. The highest BCUT2D eigenvalue weighted by atomic mass is 16.5. The Morgan fingerprint density at radius 2 is 1.94 bits per heavy atom. The van der Waals surface area contributed by atoms with Crippen molar-refractivity contribution in [3.05, 3.63) is 23.8 Å². The van der Waals surface area contributed by atoms with Crippen molar-refractivity contribution >= 4 is 11.9 Å². The minimum Gasteiger partial charge on any atom is -0.469 e. The van der Waals surface area contributed by atoms with Crippen LogP contribution in [0.15, 0.2) is 23.8 Å². The SMILES string of the molecule is CC[C@@H](C)C(=O)O[C@H]1C[C@@H](C)C=C2C=C[C@H](C)[C@H](CC[C@@H](O)C[C@@H](O)CC(=O)OC)[C@H]21. The number of aliphatic hydroxyl groups is 2. The molecule has 0 aromatic heterocycles. The van der Waals surface area contributed by atoms with E-state index in [0.29, 0.717) is 18.3 Å². The summed E-state index contributed by atoms with van der Waals surface area (Å²) < 4.78 is 10.6. The maximum absolute atomic E-state index is 12.5. The molecule has 2 aliphatic carbocycles. The van der Waals surface area contributed by atoms with Gasteiger partial charge in [0, 0.05) is 5.92 Å². The Kier molecular flexibility index (Phi) is 9.76. The third-order valence-corrected chi connectivity index (χ3v) is 6.88. The van der Waals surface area contributed by atoms with Crippen molar-refractivity contribution in [1.82, 2.24) is 0 Å². The lowest BCUT2D eigenvalue weighted by Crippen LogP contribution is -2.41. The summed E-state index contributed by atoms with van der Waals surface area (Å²) in [7, 11) is 1.28. The van der Waals surface area contributed by atoms with E-state index in [-0.39, 0.29) is 42.7 Å². The standard InChI is InChI=1S/C25H40O6/c1-6-16(3)25(29)31-22-12-15(2)11-18-8-7-17(4)21(24(18)22)10-9-19(26)13-20(27)14-23(28)30-5/h7-8,11,15-17,19-22,24,26-27H,6,9-10,12-14H2,1-5H3/t15-,16+,17-,19+,20+,21-,22-,24-/m0/s1. The molecule has 0 heterocycles. The van der Waals surface area contributed by atoms with Crippen LogP contribution >= 0.6 is 0 Å². The average molecular weight is 437 g/mol. The van der Waals surface area contributed by atoms with Crippen molar-refractivity contribution < 1.29 is 29.3 Å². The Balaban J connectivity index is 2.06. The number of carbonyl (C=O) groups excluding carboxylic acids is 2. The third kappa shape index (κ3) is 7.18. The first-order valence-corrected chi connectivity index (χ1v) is 11.7. The van der Waals surface area contributed by atoms with Crippen molar-refractivity contribution in [3.8, 4) is 0 Å². The molecule has 0 saturated heterocycles. The highest BCUT2D eigenvalue weighted by Crippen LogP contribution is 2.45. The fourth-order valence-corrected chi connectivity index (χ4v) is 4.83. The maximum Gasteiger partial charge on any atom is 0.308 e. The van der Waals surface area contributed by atoms with E-state index in [9.17, 15) is 19.8 Å². The summed E-state index contributed by atoms with van der Waals surface area (Å²) in [6.45, 7) is 8.22. The number of carbonyl (C=O) groups is 2. The van der Waals surface area contributed by atoms with Crippen molar-refractivity contribution in [2.45, 2.75) is 84.5 Å². The van der Waals surface area contributed by atoms with Gasteiger partial charge >= 0.3 is 11.9 Å². The van der Waals surface area contributed by atoms with Gasteiger partial charge < -0.3 is 19.7 Å². The van der Waals surface area contributed by atoms with Gasteiger partial charge in [-0.15, -0.1) is 0 Å². The number of aliphatic hydroxyl groups excluding tert-OH is 2. The van der Waals surface area contributed by atoms with Crippen molar-refractivity contribution in [2.75, 3.05) is 7.11 Å². The Morgan fingerprint density at radius 1 is 1.23 bits per heavy atom. The van der Waals surface area contributed by atoms with Crippen LogP contribution in [0.5, 0.6) is 0 Å².